The fourth-order valence-electron chi connectivity index (χ4n) is 1.62. The van der Waals surface area contributed by atoms with Crippen LogP contribution in [0.4, 0.5) is 4.39 Å². The first-order valence-electron chi connectivity index (χ1n) is 6.48. The SMILES string of the molecule is CC(C)NCc1nc(Oc2cccc(Cl)c2F)ccc1Cl. The first kappa shape index (κ1) is 16.0. The van der Waals surface area contributed by atoms with Gasteiger partial charge in [-0.15, -0.1) is 0 Å². The maximum Gasteiger partial charge on any atom is 0.219 e. The zero-order valence-electron chi connectivity index (χ0n) is 11.7. The number of aromatic nitrogens is 1. The number of pyridine rings is 1. The zero-order chi connectivity index (χ0) is 15.4. The Labute approximate surface area is 133 Å². The van der Waals surface area contributed by atoms with E-state index in [1.54, 1.807) is 18.2 Å². The van der Waals surface area contributed by atoms with E-state index in [2.05, 4.69) is 10.3 Å². The third kappa shape index (κ3) is 4.30. The Morgan fingerprint density at radius 2 is 1.95 bits per heavy atom. The molecule has 0 unspecified atom stereocenters. The third-order valence-electron chi connectivity index (χ3n) is 2.70. The topological polar surface area (TPSA) is 34.2 Å². The van der Waals surface area contributed by atoms with Crippen LogP contribution in [0.5, 0.6) is 11.6 Å². The van der Waals surface area contributed by atoms with Crippen molar-refractivity contribution in [1.82, 2.24) is 10.3 Å². The van der Waals surface area contributed by atoms with Gasteiger partial charge in [-0.25, -0.2) is 9.37 Å². The molecule has 0 spiro atoms. The van der Waals surface area contributed by atoms with Crippen molar-refractivity contribution >= 4 is 23.2 Å². The monoisotopic (exact) mass is 328 g/mol. The number of ether oxygens (including phenoxy) is 1. The quantitative estimate of drug-likeness (QED) is 0.854. The third-order valence-corrected chi connectivity index (χ3v) is 3.34. The largest absolute Gasteiger partial charge is 0.436 e. The Balaban J connectivity index is 2.20. The summed E-state index contributed by atoms with van der Waals surface area (Å²) in [6.45, 7) is 4.55. The van der Waals surface area contributed by atoms with E-state index in [1.165, 1.54) is 12.1 Å². The molecule has 2 aromatic rings. The van der Waals surface area contributed by atoms with Gasteiger partial charge in [0.05, 0.1) is 15.7 Å². The molecule has 0 aliphatic carbocycles. The van der Waals surface area contributed by atoms with E-state index < -0.39 is 5.82 Å². The van der Waals surface area contributed by atoms with Crippen LogP contribution in [0.15, 0.2) is 30.3 Å². The van der Waals surface area contributed by atoms with Crippen LogP contribution in [0.1, 0.15) is 19.5 Å². The van der Waals surface area contributed by atoms with Crippen LogP contribution in [-0.2, 0) is 6.54 Å². The highest BCUT2D eigenvalue weighted by Crippen LogP contribution is 2.29. The van der Waals surface area contributed by atoms with Crippen LogP contribution >= 0.6 is 23.2 Å². The molecule has 0 amide bonds. The molecule has 0 bridgehead atoms. The highest BCUT2D eigenvalue weighted by Gasteiger charge is 2.11. The van der Waals surface area contributed by atoms with Crippen LogP contribution in [-0.4, -0.2) is 11.0 Å². The lowest BCUT2D eigenvalue weighted by Gasteiger charge is -2.11. The van der Waals surface area contributed by atoms with Gasteiger partial charge in [0.1, 0.15) is 0 Å². The second-order valence-corrected chi connectivity index (χ2v) is 5.58. The lowest BCUT2D eigenvalue weighted by atomic mass is 10.3. The molecule has 3 nitrogen and oxygen atoms in total. The molecule has 6 heteroatoms. The molecule has 1 aromatic heterocycles. The molecule has 1 N–H and O–H groups in total. The van der Waals surface area contributed by atoms with Crippen LogP contribution in [0, 0.1) is 5.82 Å². The minimum Gasteiger partial charge on any atom is -0.436 e. The minimum atomic E-state index is -0.613. The number of hydrogen-bond donors (Lipinski definition) is 1. The summed E-state index contributed by atoms with van der Waals surface area (Å²) in [6.07, 6.45) is 0. The fraction of sp³-hybridized carbons (Fsp3) is 0.267. The summed E-state index contributed by atoms with van der Waals surface area (Å²) in [5, 5.41) is 3.75. The predicted molar refractivity (Wildman–Crippen MR) is 82.7 cm³/mol. The van der Waals surface area contributed by atoms with Crippen LogP contribution in [0.3, 0.4) is 0 Å². The minimum absolute atomic E-state index is 0.00293. The van der Waals surface area contributed by atoms with E-state index in [1.807, 2.05) is 13.8 Å². The van der Waals surface area contributed by atoms with Crippen molar-refractivity contribution < 1.29 is 9.13 Å². The van der Waals surface area contributed by atoms with E-state index in [0.717, 1.165) is 0 Å². The van der Waals surface area contributed by atoms with Crippen molar-refractivity contribution in [3.63, 3.8) is 0 Å². The Morgan fingerprint density at radius 1 is 1.19 bits per heavy atom. The van der Waals surface area contributed by atoms with Crippen molar-refractivity contribution in [2.75, 3.05) is 0 Å². The zero-order valence-corrected chi connectivity index (χ0v) is 13.2. The highest BCUT2D eigenvalue weighted by molar-refractivity contribution is 6.31. The van der Waals surface area contributed by atoms with Crippen molar-refractivity contribution in [2.45, 2.75) is 26.4 Å². The van der Waals surface area contributed by atoms with Gasteiger partial charge in [0.15, 0.2) is 11.6 Å². The fourth-order valence-corrected chi connectivity index (χ4v) is 1.96. The van der Waals surface area contributed by atoms with Crippen molar-refractivity contribution in [3.8, 4) is 11.6 Å². The first-order chi connectivity index (χ1) is 9.97. The van der Waals surface area contributed by atoms with Gasteiger partial charge >= 0.3 is 0 Å². The second-order valence-electron chi connectivity index (χ2n) is 4.77. The average molecular weight is 329 g/mol. The van der Waals surface area contributed by atoms with Crippen molar-refractivity contribution in [3.05, 3.63) is 51.9 Å². The van der Waals surface area contributed by atoms with Crippen LogP contribution in [0.25, 0.3) is 0 Å². The molecule has 2 rings (SSSR count). The number of nitrogens with zero attached hydrogens (tertiary/aromatic N) is 1. The number of rotatable bonds is 5. The molecule has 0 aliphatic rings. The number of halogens is 3. The summed E-state index contributed by atoms with van der Waals surface area (Å²) in [5.74, 6) is -0.320. The molecule has 0 fully saturated rings. The van der Waals surface area contributed by atoms with Gasteiger partial charge in [0, 0.05) is 18.7 Å². The standard InChI is InChI=1S/C15H15Cl2FN2O/c1-9(2)19-8-12-10(16)6-7-14(20-12)21-13-5-3-4-11(17)15(13)18/h3-7,9,19H,8H2,1-2H3. The van der Waals surface area contributed by atoms with Crippen LogP contribution in [0.2, 0.25) is 10.0 Å². The molecule has 21 heavy (non-hydrogen) atoms. The van der Waals surface area contributed by atoms with E-state index in [0.29, 0.717) is 23.3 Å². The van der Waals surface area contributed by atoms with Crippen LogP contribution < -0.4 is 10.1 Å². The number of benzene rings is 1. The summed E-state index contributed by atoms with van der Waals surface area (Å²) in [6, 6.07) is 8.11. The van der Waals surface area contributed by atoms with Gasteiger partial charge in [-0.1, -0.05) is 43.1 Å². The Bertz CT molecular complexity index is 635. The van der Waals surface area contributed by atoms with Gasteiger partial charge < -0.3 is 10.1 Å². The number of hydrogen-bond acceptors (Lipinski definition) is 3. The Morgan fingerprint density at radius 3 is 2.67 bits per heavy atom. The van der Waals surface area contributed by atoms with Gasteiger partial charge in [-0.05, 0) is 18.2 Å². The first-order valence-corrected chi connectivity index (χ1v) is 7.23. The van der Waals surface area contributed by atoms with Crippen molar-refractivity contribution in [1.29, 1.82) is 0 Å². The molecule has 1 heterocycles. The molecule has 0 radical (unpaired) electrons. The molecular formula is C15H15Cl2FN2O. The normalized spacial score (nSPS) is 11.0. The lowest BCUT2D eigenvalue weighted by molar-refractivity contribution is 0.425. The van der Waals surface area contributed by atoms with Crippen molar-refractivity contribution in [2.24, 2.45) is 0 Å². The van der Waals surface area contributed by atoms with E-state index in [9.17, 15) is 4.39 Å². The molecule has 112 valence electrons. The summed E-state index contributed by atoms with van der Waals surface area (Å²) < 4.78 is 19.2. The van der Waals surface area contributed by atoms with Gasteiger partial charge in [-0.2, -0.15) is 0 Å². The van der Waals surface area contributed by atoms with Gasteiger partial charge in [0.2, 0.25) is 5.88 Å². The maximum atomic E-state index is 13.8. The summed E-state index contributed by atoms with van der Waals surface area (Å²) in [7, 11) is 0. The molecule has 0 atom stereocenters. The highest BCUT2D eigenvalue weighted by atomic mass is 35.5. The maximum absolute atomic E-state index is 13.8. The lowest BCUT2D eigenvalue weighted by Crippen LogP contribution is -2.22. The molecular weight excluding hydrogens is 314 g/mol. The molecule has 0 saturated carbocycles. The Hall–Kier alpha value is -1.36. The summed E-state index contributed by atoms with van der Waals surface area (Å²) in [5.41, 5.74) is 0.644. The molecule has 1 aromatic carbocycles. The van der Waals surface area contributed by atoms with Gasteiger partial charge in [-0.3, -0.25) is 0 Å². The summed E-state index contributed by atoms with van der Waals surface area (Å²) >= 11 is 11.8. The van der Waals surface area contributed by atoms with E-state index in [-0.39, 0.29) is 16.7 Å². The van der Waals surface area contributed by atoms with E-state index >= 15 is 0 Å². The number of nitrogens with one attached hydrogen (secondary N) is 1. The smallest absolute Gasteiger partial charge is 0.219 e. The van der Waals surface area contributed by atoms with Gasteiger partial charge in [0.25, 0.3) is 0 Å². The average Bonchev–Trinajstić information content (AvgIpc) is 2.44. The second kappa shape index (κ2) is 7.07. The summed E-state index contributed by atoms with van der Waals surface area (Å²) in [4.78, 5) is 4.28. The van der Waals surface area contributed by atoms with E-state index in [4.69, 9.17) is 27.9 Å². The molecule has 0 aliphatic heterocycles. The molecule has 0 saturated heterocycles. The Kier molecular flexibility index (Phi) is 5.39. The predicted octanol–water partition coefficient (Wildman–Crippen LogP) is 4.82.